The van der Waals surface area contributed by atoms with E-state index < -0.39 is 9.84 Å². The SMILES string of the molecule is Cc1cccc(C)c1CS(=O)(=O)c1nnc(N)n1C. The molecule has 2 rings (SSSR count). The van der Waals surface area contributed by atoms with Crippen molar-refractivity contribution in [2.24, 2.45) is 7.05 Å². The Labute approximate surface area is 112 Å². The number of nitrogens with two attached hydrogens (primary N) is 1. The van der Waals surface area contributed by atoms with E-state index in [9.17, 15) is 8.42 Å². The van der Waals surface area contributed by atoms with Crippen LogP contribution in [0.2, 0.25) is 0 Å². The van der Waals surface area contributed by atoms with E-state index in [4.69, 9.17) is 5.73 Å². The van der Waals surface area contributed by atoms with E-state index in [1.54, 1.807) is 0 Å². The average Bonchev–Trinajstić information content (AvgIpc) is 2.66. The standard InChI is InChI=1S/C12H16N4O2S/c1-8-5-4-6-9(2)10(8)7-19(17,18)12-15-14-11(13)16(12)3/h4-6H,7H2,1-3H3,(H2,13,14). The molecule has 0 aliphatic heterocycles. The van der Waals surface area contributed by atoms with E-state index in [1.807, 2.05) is 32.0 Å². The number of nitrogen functional groups attached to an aromatic ring is 1. The van der Waals surface area contributed by atoms with Crippen molar-refractivity contribution < 1.29 is 8.42 Å². The molecule has 7 heteroatoms. The van der Waals surface area contributed by atoms with Gasteiger partial charge in [-0.2, -0.15) is 0 Å². The molecule has 19 heavy (non-hydrogen) atoms. The molecule has 0 atom stereocenters. The van der Waals surface area contributed by atoms with E-state index in [0.29, 0.717) is 0 Å². The fourth-order valence-corrected chi connectivity index (χ4v) is 3.57. The van der Waals surface area contributed by atoms with Crippen LogP contribution in [-0.2, 0) is 22.6 Å². The van der Waals surface area contributed by atoms with Crippen molar-refractivity contribution in [1.82, 2.24) is 14.8 Å². The minimum absolute atomic E-state index is 0.0834. The zero-order chi connectivity index (χ0) is 14.2. The molecule has 0 aliphatic rings. The van der Waals surface area contributed by atoms with E-state index in [-0.39, 0.29) is 16.9 Å². The Kier molecular flexibility index (Phi) is 3.32. The van der Waals surface area contributed by atoms with Crippen molar-refractivity contribution in [3.05, 3.63) is 34.9 Å². The predicted octanol–water partition coefficient (Wildman–Crippen LogP) is 0.988. The summed E-state index contributed by atoms with van der Waals surface area (Å²) in [6.45, 7) is 3.78. The van der Waals surface area contributed by atoms with Crippen LogP contribution < -0.4 is 5.73 Å². The van der Waals surface area contributed by atoms with Gasteiger partial charge < -0.3 is 5.73 Å². The van der Waals surface area contributed by atoms with Gasteiger partial charge in [-0.25, -0.2) is 8.42 Å². The summed E-state index contributed by atoms with van der Waals surface area (Å²) < 4.78 is 26.0. The van der Waals surface area contributed by atoms with Crippen LogP contribution in [0.15, 0.2) is 23.4 Å². The first kappa shape index (κ1) is 13.5. The Morgan fingerprint density at radius 1 is 1.21 bits per heavy atom. The lowest BCUT2D eigenvalue weighted by atomic mass is 10.1. The molecular weight excluding hydrogens is 264 g/mol. The molecule has 0 saturated carbocycles. The zero-order valence-corrected chi connectivity index (χ0v) is 11.9. The summed E-state index contributed by atoms with van der Waals surface area (Å²) >= 11 is 0. The van der Waals surface area contributed by atoms with Gasteiger partial charge in [0.25, 0.3) is 5.16 Å². The van der Waals surface area contributed by atoms with Gasteiger partial charge in [0, 0.05) is 7.05 Å². The minimum atomic E-state index is -3.56. The fraction of sp³-hybridized carbons (Fsp3) is 0.333. The van der Waals surface area contributed by atoms with Crippen LogP contribution in [-0.4, -0.2) is 23.2 Å². The van der Waals surface area contributed by atoms with Gasteiger partial charge in [-0.3, -0.25) is 4.57 Å². The number of aromatic nitrogens is 3. The summed E-state index contributed by atoms with van der Waals surface area (Å²) in [5, 5.41) is 7.12. The third kappa shape index (κ3) is 2.46. The van der Waals surface area contributed by atoms with Gasteiger partial charge in [-0.1, -0.05) is 18.2 Å². The number of sulfone groups is 1. The Bertz CT molecular complexity index is 699. The maximum atomic E-state index is 12.4. The van der Waals surface area contributed by atoms with Crippen molar-refractivity contribution >= 4 is 15.8 Å². The maximum absolute atomic E-state index is 12.4. The normalized spacial score (nSPS) is 11.7. The van der Waals surface area contributed by atoms with E-state index in [0.717, 1.165) is 16.7 Å². The molecule has 2 N–H and O–H groups in total. The molecule has 1 heterocycles. The average molecular weight is 280 g/mol. The highest BCUT2D eigenvalue weighted by molar-refractivity contribution is 7.90. The monoisotopic (exact) mass is 280 g/mol. The molecule has 0 fully saturated rings. The van der Waals surface area contributed by atoms with E-state index in [1.165, 1.54) is 11.6 Å². The smallest absolute Gasteiger partial charge is 0.251 e. The van der Waals surface area contributed by atoms with Gasteiger partial charge in [-0.15, -0.1) is 10.2 Å². The van der Waals surface area contributed by atoms with Gasteiger partial charge in [0.2, 0.25) is 15.8 Å². The van der Waals surface area contributed by atoms with Crippen molar-refractivity contribution in [3.8, 4) is 0 Å². The van der Waals surface area contributed by atoms with Crippen molar-refractivity contribution in [2.75, 3.05) is 5.73 Å². The molecule has 0 amide bonds. The number of aryl methyl sites for hydroxylation is 2. The molecule has 102 valence electrons. The Hall–Kier alpha value is -1.89. The summed E-state index contributed by atoms with van der Waals surface area (Å²) in [6, 6.07) is 5.69. The summed E-state index contributed by atoms with van der Waals surface area (Å²) in [5.41, 5.74) is 8.20. The molecule has 0 aliphatic carbocycles. The topological polar surface area (TPSA) is 90.9 Å². The molecule has 0 unspecified atom stereocenters. The molecule has 0 saturated heterocycles. The largest absolute Gasteiger partial charge is 0.368 e. The van der Waals surface area contributed by atoms with Gasteiger partial charge in [0.05, 0.1) is 5.75 Å². The lowest BCUT2D eigenvalue weighted by Crippen LogP contribution is -2.13. The van der Waals surface area contributed by atoms with Crippen molar-refractivity contribution in [2.45, 2.75) is 24.8 Å². The molecular formula is C12H16N4O2S. The van der Waals surface area contributed by atoms with Crippen LogP contribution in [0.3, 0.4) is 0 Å². The van der Waals surface area contributed by atoms with E-state index in [2.05, 4.69) is 10.2 Å². The predicted molar refractivity (Wildman–Crippen MR) is 72.2 cm³/mol. The first-order valence-electron chi connectivity index (χ1n) is 5.75. The third-order valence-corrected chi connectivity index (χ3v) is 4.71. The summed E-state index contributed by atoms with van der Waals surface area (Å²) in [7, 11) is -2.02. The minimum Gasteiger partial charge on any atom is -0.368 e. The second-order valence-corrected chi connectivity index (χ2v) is 6.41. The highest BCUT2D eigenvalue weighted by Crippen LogP contribution is 2.20. The van der Waals surface area contributed by atoms with Gasteiger partial charge in [0.15, 0.2) is 0 Å². The Morgan fingerprint density at radius 2 is 1.79 bits per heavy atom. The first-order valence-corrected chi connectivity index (χ1v) is 7.41. The van der Waals surface area contributed by atoms with Gasteiger partial charge in [-0.05, 0) is 30.5 Å². The number of hydrogen-bond donors (Lipinski definition) is 1. The maximum Gasteiger partial charge on any atom is 0.251 e. The summed E-state index contributed by atoms with van der Waals surface area (Å²) in [5.74, 6) is -0.0163. The Balaban J connectivity index is 2.46. The first-order chi connectivity index (χ1) is 8.83. The molecule has 2 aromatic rings. The molecule has 0 radical (unpaired) electrons. The van der Waals surface area contributed by atoms with Gasteiger partial charge >= 0.3 is 0 Å². The molecule has 1 aromatic carbocycles. The molecule has 0 spiro atoms. The van der Waals surface area contributed by atoms with Crippen LogP contribution in [0.4, 0.5) is 5.95 Å². The number of rotatable bonds is 3. The third-order valence-electron chi connectivity index (χ3n) is 3.13. The fourth-order valence-electron chi connectivity index (χ4n) is 1.93. The van der Waals surface area contributed by atoms with Crippen LogP contribution in [0.5, 0.6) is 0 Å². The highest BCUT2D eigenvalue weighted by Gasteiger charge is 2.24. The van der Waals surface area contributed by atoms with Crippen LogP contribution in [0, 0.1) is 13.8 Å². The highest BCUT2D eigenvalue weighted by atomic mass is 32.2. The number of hydrogen-bond acceptors (Lipinski definition) is 5. The molecule has 0 bridgehead atoms. The quantitative estimate of drug-likeness (QED) is 0.905. The number of nitrogens with zero attached hydrogens (tertiary/aromatic N) is 3. The Morgan fingerprint density at radius 3 is 2.26 bits per heavy atom. The van der Waals surface area contributed by atoms with Crippen LogP contribution in [0.25, 0.3) is 0 Å². The second kappa shape index (κ2) is 4.65. The van der Waals surface area contributed by atoms with E-state index >= 15 is 0 Å². The lowest BCUT2D eigenvalue weighted by Gasteiger charge is -2.09. The van der Waals surface area contributed by atoms with Crippen molar-refractivity contribution in [1.29, 1.82) is 0 Å². The zero-order valence-electron chi connectivity index (χ0n) is 11.1. The summed E-state index contributed by atoms with van der Waals surface area (Å²) in [4.78, 5) is 0. The van der Waals surface area contributed by atoms with Crippen LogP contribution in [0.1, 0.15) is 16.7 Å². The number of anilines is 1. The van der Waals surface area contributed by atoms with Gasteiger partial charge in [0.1, 0.15) is 0 Å². The van der Waals surface area contributed by atoms with Crippen molar-refractivity contribution in [3.63, 3.8) is 0 Å². The lowest BCUT2D eigenvalue weighted by molar-refractivity contribution is 0.577. The molecule has 1 aromatic heterocycles. The second-order valence-electron chi connectivity index (χ2n) is 4.53. The van der Waals surface area contributed by atoms with Crippen LogP contribution >= 0.6 is 0 Å². The molecule has 6 nitrogen and oxygen atoms in total. The summed E-state index contributed by atoms with van der Waals surface area (Å²) in [6.07, 6.45) is 0. The number of benzene rings is 1.